The van der Waals surface area contributed by atoms with Crippen LogP contribution in [0.3, 0.4) is 0 Å². The van der Waals surface area contributed by atoms with E-state index in [0.717, 1.165) is 16.7 Å². The van der Waals surface area contributed by atoms with Crippen LogP contribution in [0.2, 0.25) is 18.1 Å². The summed E-state index contributed by atoms with van der Waals surface area (Å²) in [6.07, 6.45) is -2.32. The minimum Gasteiger partial charge on any atom is -0.416 e. The van der Waals surface area contributed by atoms with Crippen molar-refractivity contribution in [3.8, 4) is 0 Å². The van der Waals surface area contributed by atoms with E-state index in [0.29, 0.717) is 0 Å². The molecule has 0 aliphatic heterocycles. The van der Waals surface area contributed by atoms with Gasteiger partial charge in [0.2, 0.25) is 0 Å². The largest absolute Gasteiger partial charge is 0.416 e. The van der Waals surface area contributed by atoms with E-state index in [1.807, 2.05) is 91.0 Å². The average molecular weight is 592 g/mol. The summed E-state index contributed by atoms with van der Waals surface area (Å²) in [7, 11) is -2.19. The molecule has 3 aromatic rings. The first-order valence-electron chi connectivity index (χ1n) is 14.4. The van der Waals surface area contributed by atoms with Crippen LogP contribution >= 0.6 is 0 Å². The highest BCUT2D eigenvalue weighted by Gasteiger charge is 2.41. The Morgan fingerprint density at radius 1 is 0.738 bits per heavy atom. The van der Waals surface area contributed by atoms with Crippen molar-refractivity contribution in [1.82, 2.24) is 0 Å². The van der Waals surface area contributed by atoms with Crippen LogP contribution in [0.25, 0.3) is 10.4 Å². The number of nitrogens with zero attached hydrogens (tertiary/aromatic N) is 3. The second-order valence-electron chi connectivity index (χ2n) is 11.9. The van der Waals surface area contributed by atoms with Crippen LogP contribution in [0.4, 0.5) is 0 Å². The quantitative estimate of drug-likeness (QED) is 0.0760. The van der Waals surface area contributed by atoms with Crippen molar-refractivity contribution < 1.29 is 23.7 Å². The number of azide groups is 1. The highest BCUT2D eigenvalue weighted by atomic mass is 28.4. The van der Waals surface area contributed by atoms with E-state index < -0.39 is 32.7 Å². The fourth-order valence-corrected chi connectivity index (χ4v) is 5.19. The Labute approximate surface area is 251 Å². The maximum Gasteiger partial charge on any atom is 0.191 e. The predicted octanol–water partition coefficient (Wildman–Crippen LogP) is 7.44. The van der Waals surface area contributed by atoms with E-state index in [1.54, 1.807) is 0 Å². The lowest BCUT2D eigenvalue weighted by molar-refractivity contribution is -0.168. The summed E-state index contributed by atoms with van der Waals surface area (Å²) in [6, 6.07) is 28.6. The molecule has 0 saturated heterocycles. The van der Waals surface area contributed by atoms with Crippen LogP contribution in [0.15, 0.2) is 96.1 Å². The molecule has 1 N–H and O–H groups in total. The number of aliphatic hydroxyl groups excluding tert-OH is 1. The molecule has 0 aliphatic rings. The van der Waals surface area contributed by atoms with Gasteiger partial charge in [-0.2, -0.15) is 0 Å². The van der Waals surface area contributed by atoms with Gasteiger partial charge in [0.15, 0.2) is 8.32 Å². The third-order valence-corrected chi connectivity index (χ3v) is 12.2. The number of hydrogen-bond acceptors (Lipinski definition) is 6. The molecule has 8 nitrogen and oxygen atoms in total. The maximum absolute atomic E-state index is 10.6. The molecule has 3 aromatic carbocycles. The van der Waals surface area contributed by atoms with Crippen LogP contribution in [0.1, 0.15) is 37.5 Å². The molecular weight excluding hydrogens is 546 g/mol. The lowest BCUT2D eigenvalue weighted by Gasteiger charge is -2.39. The molecule has 0 radical (unpaired) electrons. The summed E-state index contributed by atoms with van der Waals surface area (Å²) in [6.45, 7) is 11.4. The number of rotatable bonds is 17. The Balaban J connectivity index is 1.96. The van der Waals surface area contributed by atoms with Crippen molar-refractivity contribution in [2.45, 2.75) is 83.1 Å². The van der Waals surface area contributed by atoms with Crippen molar-refractivity contribution in [3.63, 3.8) is 0 Å². The summed E-state index contributed by atoms with van der Waals surface area (Å²) in [4.78, 5) is 3.18. The van der Waals surface area contributed by atoms with Gasteiger partial charge in [0.05, 0.1) is 38.6 Å². The number of hydrogen-bond donors (Lipinski definition) is 1. The monoisotopic (exact) mass is 591 g/mol. The van der Waals surface area contributed by atoms with Gasteiger partial charge in [-0.05, 0) is 40.4 Å². The van der Waals surface area contributed by atoms with Gasteiger partial charge in [0, 0.05) is 11.5 Å². The van der Waals surface area contributed by atoms with Gasteiger partial charge >= 0.3 is 0 Å². The molecule has 9 heteroatoms. The van der Waals surface area contributed by atoms with Gasteiger partial charge in [-0.15, -0.1) is 0 Å². The minimum atomic E-state index is -2.19. The molecular formula is C33H45N3O5Si. The average Bonchev–Trinajstić information content (AvgIpc) is 2.99. The Hall–Kier alpha value is -3.01. The van der Waals surface area contributed by atoms with E-state index >= 15 is 0 Å². The molecule has 226 valence electrons. The molecule has 0 unspecified atom stereocenters. The van der Waals surface area contributed by atoms with Crippen LogP contribution in [0, 0.1) is 0 Å². The SMILES string of the molecule is CC(C)(C)[Si](C)(C)OC[C@H](N=[N+]=[N-])[C@@H](OCc1ccccc1)[C@H](OCc1ccccc1)[C@@H](CO)OCc1ccccc1. The summed E-state index contributed by atoms with van der Waals surface area (Å²) in [5.41, 5.74) is 12.5. The van der Waals surface area contributed by atoms with E-state index in [4.69, 9.17) is 18.6 Å². The topological polar surface area (TPSA) is 106 Å². The first-order chi connectivity index (χ1) is 20.1. The number of benzene rings is 3. The molecule has 0 saturated carbocycles. The fourth-order valence-electron chi connectivity index (χ4n) is 4.17. The highest BCUT2D eigenvalue weighted by Crippen LogP contribution is 2.37. The smallest absolute Gasteiger partial charge is 0.191 e. The number of aliphatic hydroxyl groups is 1. The molecule has 3 rings (SSSR count). The second-order valence-corrected chi connectivity index (χ2v) is 16.7. The molecule has 0 aromatic heterocycles. The van der Waals surface area contributed by atoms with Crippen LogP contribution < -0.4 is 0 Å². The maximum atomic E-state index is 10.6. The zero-order chi connectivity index (χ0) is 30.4. The lowest BCUT2D eigenvalue weighted by atomic mass is 10.0. The standard InChI is InChI=1S/C33H45N3O5Si/c1-33(2,3)42(4,5)41-25-29(35-36-34)31(39-23-27-17-11-7-12-18-27)32(40-24-28-19-13-8-14-20-28)30(21-37)38-22-26-15-9-6-10-16-26/h6-20,29-32,37H,21-25H2,1-5H3/t29-,30+,31+,32+/m0/s1. The molecule has 0 heterocycles. The summed E-state index contributed by atoms with van der Waals surface area (Å²) >= 11 is 0. The third-order valence-electron chi connectivity index (χ3n) is 7.75. The number of ether oxygens (including phenoxy) is 3. The van der Waals surface area contributed by atoms with E-state index in [9.17, 15) is 10.6 Å². The first kappa shape index (κ1) is 33.5. The van der Waals surface area contributed by atoms with Crippen molar-refractivity contribution >= 4 is 8.32 Å². The Bertz CT molecular complexity index is 1220. The molecule has 0 aliphatic carbocycles. The third kappa shape index (κ3) is 10.4. The fraction of sp³-hybridized carbons (Fsp3) is 0.455. The van der Waals surface area contributed by atoms with Gasteiger partial charge in [0.1, 0.15) is 12.2 Å². The van der Waals surface area contributed by atoms with Gasteiger partial charge in [-0.3, -0.25) is 0 Å². The first-order valence-corrected chi connectivity index (χ1v) is 17.3. The normalized spacial score (nSPS) is 14.9. The minimum absolute atomic E-state index is 0.0378. The molecule has 0 amide bonds. The molecule has 0 spiro atoms. The predicted molar refractivity (Wildman–Crippen MR) is 168 cm³/mol. The molecule has 4 atom stereocenters. The summed E-state index contributed by atoms with van der Waals surface area (Å²) in [5, 5.41) is 14.7. The Morgan fingerprint density at radius 3 is 1.57 bits per heavy atom. The van der Waals surface area contributed by atoms with Gasteiger partial charge in [-0.25, -0.2) is 0 Å². The highest BCUT2D eigenvalue weighted by molar-refractivity contribution is 6.74. The Kier molecular flexibility index (Phi) is 13.2. The van der Waals surface area contributed by atoms with Gasteiger partial charge in [0.25, 0.3) is 0 Å². The molecule has 42 heavy (non-hydrogen) atoms. The van der Waals surface area contributed by atoms with Crippen LogP contribution in [-0.2, 0) is 38.5 Å². The van der Waals surface area contributed by atoms with E-state index in [2.05, 4.69) is 43.9 Å². The van der Waals surface area contributed by atoms with Crippen molar-refractivity contribution in [3.05, 3.63) is 118 Å². The van der Waals surface area contributed by atoms with Crippen LogP contribution in [0.5, 0.6) is 0 Å². The molecule has 0 bridgehead atoms. The van der Waals surface area contributed by atoms with E-state index in [-0.39, 0.29) is 38.1 Å². The summed E-state index contributed by atoms with van der Waals surface area (Å²) < 4.78 is 25.8. The van der Waals surface area contributed by atoms with Gasteiger partial charge < -0.3 is 23.7 Å². The van der Waals surface area contributed by atoms with Crippen molar-refractivity contribution in [1.29, 1.82) is 0 Å². The Morgan fingerprint density at radius 2 is 1.17 bits per heavy atom. The van der Waals surface area contributed by atoms with Crippen molar-refractivity contribution in [2.24, 2.45) is 5.11 Å². The van der Waals surface area contributed by atoms with E-state index in [1.165, 1.54) is 0 Å². The lowest BCUT2D eigenvalue weighted by Crippen LogP contribution is -2.52. The van der Waals surface area contributed by atoms with Crippen LogP contribution in [-0.4, -0.2) is 51.0 Å². The van der Waals surface area contributed by atoms with Crippen molar-refractivity contribution in [2.75, 3.05) is 13.2 Å². The molecule has 0 fully saturated rings. The summed E-state index contributed by atoms with van der Waals surface area (Å²) in [5.74, 6) is 0. The zero-order valence-corrected chi connectivity index (χ0v) is 26.4. The van der Waals surface area contributed by atoms with Gasteiger partial charge in [-0.1, -0.05) is 117 Å². The second kappa shape index (κ2) is 16.6. The zero-order valence-electron chi connectivity index (χ0n) is 25.4.